The summed E-state index contributed by atoms with van der Waals surface area (Å²) in [5.41, 5.74) is 2.28. The van der Waals surface area contributed by atoms with Gasteiger partial charge in [-0.2, -0.15) is 0 Å². The quantitative estimate of drug-likeness (QED) is 0.791. The van der Waals surface area contributed by atoms with E-state index in [2.05, 4.69) is 34.5 Å². The van der Waals surface area contributed by atoms with Gasteiger partial charge in [-0.3, -0.25) is 0 Å². The Kier molecular flexibility index (Phi) is 2.33. The smallest absolute Gasteiger partial charge is 0.134 e. The third kappa shape index (κ3) is 1.67. The number of hydrogen-bond acceptors (Lipinski definition) is 3. The molecule has 0 saturated carbocycles. The number of nitrogens with one attached hydrogen (secondary N) is 1. The lowest BCUT2D eigenvalue weighted by atomic mass is 10.2. The summed E-state index contributed by atoms with van der Waals surface area (Å²) in [4.78, 5) is 2.41. The molecule has 1 aliphatic heterocycles. The van der Waals surface area contributed by atoms with Gasteiger partial charge in [0, 0.05) is 37.3 Å². The molecule has 3 rings (SSSR count). The average molecular weight is 216 g/mol. The van der Waals surface area contributed by atoms with Gasteiger partial charge < -0.3 is 14.6 Å². The number of nitrogens with zero attached hydrogens (tertiary/aromatic N) is 1. The molecule has 3 heteroatoms. The van der Waals surface area contributed by atoms with Crippen molar-refractivity contribution >= 4 is 16.7 Å². The van der Waals surface area contributed by atoms with E-state index >= 15 is 0 Å². The van der Waals surface area contributed by atoms with Gasteiger partial charge in [-0.15, -0.1) is 0 Å². The van der Waals surface area contributed by atoms with Gasteiger partial charge in [0.15, 0.2) is 0 Å². The van der Waals surface area contributed by atoms with Gasteiger partial charge in [-0.05, 0) is 31.2 Å². The topological polar surface area (TPSA) is 28.4 Å². The van der Waals surface area contributed by atoms with Gasteiger partial charge >= 0.3 is 0 Å². The first-order valence-electron chi connectivity index (χ1n) is 5.79. The van der Waals surface area contributed by atoms with E-state index in [1.807, 2.05) is 6.92 Å². The summed E-state index contributed by atoms with van der Waals surface area (Å²) in [5.74, 6) is 0.979. The van der Waals surface area contributed by atoms with Crippen LogP contribution in [0.1, 0.15) is 5.76 Å². The fraction of sp³-hybridized carbons (Fsp3) is 0.385. The van der Waals surface area contributed by atoms with Crippen molar-refractivity contribution in [2.45, 2.75) is 6.92 Å². The van der Waals surface area contributed by atoms with Crippen LogP contribution in [0.2, 0.25) is 0 Å². The maximum Gasteiger partial charge on any atom is 0.134 e. The lowest BCUT2D eigenvalue weighted by Crippen LogP contribution is -2.43. The zero-order chi connectivity index (χ0) is 11.0. The Morgan fingerprint density at radius 3 is 2.81 bits per heavy atom. The van der Waals surface area contributed by atoms with Crippen molar-refractivity contribution in [3.8, 4) is 0 Å². The van der Waals surface area contributed by atoms with Gasteiger partial charge in [0.1, 0.15) is 11.3 Å². The molecule has 3 nitrogen and oxygen atoms in total. The summed E-state index contributed by atoms with van der Waals surface area (Å²) in [6.07, 6.45) is 0. The Morgan fingerprint density at radius 2 is 2.00 bits per heavy atom. The van der Waals surface area contributed by atoms with Crippen LogP contribution >= 0.6 is 0 Å². The lowest BCUT2D eigenvalue weighted by molar-refractivity contribution is 0.578. The van der Waals surface area contributed by atoms with Crippen LogP contribution in [-0.2, 0) is 0 Å². The molecule has 1 aromatic heterocycles. The van der Waals surface area contributed by atoms with Crippen LogP contribution in [0.4, 0.5) is 5.69 Å². The number of benzene rings is 1. The highest BCUT2D eigenvalue weighted by atomic mass is 16.3. The zero-order valence-corrected chi connectivity index (χ0v) is 9.49. The van der Waals surface area contributed by atoms with Crippen molar-refractivity contribution in [1.29, 1.82) is 0 Å². The molecule has 84 valence electrons. The van der Waals surface area contributed by atoms with E-state index in [0.29, 0.717) is 0 Å². The summed E-state index contributed by atoms with van der Waals surface area (Å²) in [7, 11) is 0. The minimum atomic E-state index is 0.979. The Bertz CT molecular complexity index is 498. The summed E-state index contributed by atoms with van der Waals surface area (Å²) in [6.45, 7) is 6.31. The van der Waals surface area contributed by atoms with Crippen LogP contribution < -0.4 is 10.2 Å². The number of hydrogen-bond donors (Lipinski definition) is 1. The minimum Gasteiger partial charge on any atom is -0.461 e. The van der Waals surface area contributed by atoms with Gasteiger partial charge in [-0.25, -0.2) is 0 Å². The molecule has 0 aliphatic carbocycles. The van der Waals surface area contributed by atoms with Crippen LogP contribution in [0.3, 0.4) is 0 Å². The molecule has 2 aromatic rings. The summed E-state index contributed by atoms with van der Waals surface area (Å²) in [5, 5.41) is 4.57. The van der Waals surface area contributed by atoms with Crippen molar-refractivity contribution in [3.63, 3.8) is 0 Å². The Hall–Kier alpha value is -1.48. The first kappa shape index (κ1) is 9.73. The Morgan fingerprint density at radius 1 is 1.19 bits per heavy atom. The SMILES string of the molecule is Cc1cc2cc(N3CCNCC3)ccc2o1. The highest BCUT2D eigenvalue weighted by molar-refractivity contribution is 5.82. The normalized spacial score (nSPS) is 16.9. The molecule has 1 fully saturated rings. The van der Waals surface area contributed by atoms with Crippen LogP contribution in [-0.4, -0.2) is 26.2 Å². The van der Waals surface area contributed by atoms with Gasteiger partial charge in [0.05, 0.1) is 0 Å². The molecular formula is C13H16N2O. The van der Waals surface area contributed by atoms with E-state index in [4.69, 9.17) is 4.42 Å². The van der Waals surface area contributed by atoms with E-state index in [1.165, 1.54) is 11.1 Å². The summed E-state index contributed by atoms with van der Waals surface area (Å²) in [6, 6.07) is 8.54. The van der Waals surface area contributed by atoms with E-state index in [-0.39, 0.29) is 0 Å². The molecule has 0 amide bonds. The number of rotatable bonds is 1. The van der Waals surface area contributed by atoms with Gasteiger partial charge in [-0.1, -0.05) is 0 Å². The van der Waals surface area contributed by atoms with Crippen LogP contribution in [0.25, 0.3) is 11.0 Å². The molecule has 0 spiro atoms. The molecule has 0 bridgehead atoms. The zero-order valence-electron chi connectivity index (χ0n) is 9.49. The fourth-order valence-corrected chi connectivity index (χ4v) is 2.28. The van der Waals surface area contributed by atoms with Crippen LogP contribution in [0, 0.1) is 6.92 Å². The molecule has 2 heterocycles. The van der Waals surface area contributed by atoms with E-state index in [0.717, 1.165) is 37.5 Å². The molecular weight excluding hydrogens is 200 g/mol. The lowest BCUT2D eigenvalue weighted by Gasteiger charge is -2.29. The van der Waals surface area contributed by atoms with Crippen LogP contribution in [0.15, 0.2) is 28.7 Å². The van der Waals surface area contributed by atoms with E-state index < -0.39 is 0 Å². The van der Waals surface area contributed by atoms with Crippen molar-refractivity contribution in [3.05, 3.63) is 30.0 Å². The predicted octanol–water partition coefficient (Wildman–Crippen LogP) is 2.15. The van der Waals surface area contributed by atoms with Crippen molar-refractivity contribution in [2.24, 2.45) is 0 Å². The highest BCUT2D eigenvalue weighted by Crippen LogP contribution is 2.25. The fourth-order valence-electron chi connectivity index (χ4n) is 2.28. The summed E-state index contributed by atoms with van der Waals surface area (Å²) < 4.78 is 5.58. The number of furan rings is 1. The van der Waals surface area contributed by atoms with E-state index in [9.17, 15) is 0 Å². The first-order chi connectivity index (χ1) is 7.83. The molecule has 16 heavy (non-hydrogen) atoms. The number of anilines is 1. The van der Waals surface area contributed by atoms with Gasteiger partial charge in [0.2, 0.25) is 0 Å². The highest BCUT2D eigenvalue weighted by Gasteiger charge is 2.11. The molecule has 1 aliphatic rings. The molecule has 0 unspecified atom stereocenters. The number of piperazine rings is 1. The van der Waals surface area contributed by atoms with Crippen molar-refractivity contribution < 1.29 is 4.42 Å². The van der Waals surface area contributed by atoms with Gasteiger partial charge in [0.25, 0.3) is 0 Å². The maximum absolute atomic E-state index is 5.58. The second-order valence-electron chi connectivity index (χ2n) is 4.32. The van der Waals surface area contributed by atoms with E-state index in [1.54, 1.807) is 0 Å². The second kappa shape index (κ2) is 3.83. The Balaban J connectivity index is 1.97. The van der Waals surface area contributed by atoms with Crippen molar-refractivity contribution in [2.75, 3.05) is 31.1 Å². The monoisotopic (exact) mass is 216 g/mol. The predicted molar refractivity (Wildman–Crippen MR) is 66.0 cm³/mol. The largest absolute Gasteiger partial charge is 0.461 e. The third-order valence-corrected chi connectivity index (χ3v) is 3.11. The first-order valence-corrected chi connectivity index (χ1v) is 5.79. The van der Waals surface area contributed by atoms with Crippen molar-refractivity contribution in [1.82, 2.24) is 5.32 Å². The molecule has 1 saturated heterocycles. The second-order valence-corrected chi connectivity index (χ2v) is 4.32. The maximum atomic E-state index is 5.58. The molecule has 1 aromatic carbocycles. The van der Waals surface area contributed by atoms with Crippen LogP contribution in [0.5, 0.6) is 0 Å². The molecule has 0 radical (unpaired) electrons. The number of fused-ring (bicyclic) bond motifs is 1. The summed E-state index contributed by atoms with van der Waals surface area (Å²) >= 11 is 0. The molecule has 0 atom stereocenters. The Labute approximate surface area is 95.0 Å². The number of aryl methyl sites for hydroxylation is 1. The third-order valence-electron chi connectivity index (χ3n) is 3.11. The standard InChI is InChI=1S/C13H16N2O/c1-10-8-11-9-12(2-3-13(11)16-10)15-6-4-14-5-7-15/h2-3,8-9,14H,4-7H2,1H3. The minimum absolute atomic E-state index is 0.979. The molecule has 1 N–H and O–H groups in total. The average Bonchev–Trinajstić information content (AvgIpc) is 2.69.